The minimum absolute atomic E-state index is 0.00391. The summed E-state index contributed by atoms with van der Waals surface area (Å²) in [6, 6.07) is -0.687. The van der Waals surface area contributed by atoms with Gasteiger partial charge in [-0.2, -0.15) is 0 Å². The molecule has 1 N–H and O–H groups in total. The summed E-state index contributed by atoms with van der Waals surface area (Å²) in [6.45, 7) is 2.32. The Balaban J connectivity index is 3.51. The number of allylic oxidation sites excluding steroid dienone is 6. The molecule has 0 spiro atoms. The average molecular weight is 594 g/mol. The molecule has 0 aliphatic rings. The van der Waals surface area contributed by atoms with E-state index in [0.717, 1.165) is 32.1 Å². The number of esters is 1. The lowest BCUT2D eigenvalue weighted by atomic mass is 10.1. The van der Waals surface area contributed by atoms with Gasteiger partial charge >= 0.3 is 5.97 Å². The highest BCUT2D eigenvalue weighted by molar-refractivity contribution is 5.69. The Bertz CT molecular complexity index is 740. The van der Waals surface area contributed by atoms with Crippen molar-refractivity contribution in [1.29, 1.82) is 0 Å². The van der Waals surface area contributed by atoms with E-state index in [4.69, 9.17) is 9.47 Å². The number of aliphatic carboxylic acids is 1. The van der Waals surface area contributed by atoms with E-state index in [1.54, 1.807) is 21.1 Å². The second-order valence-electron chi connectivity index (χ2n) is 12.3. The molecule has 0 heterocycles. The molecule has 0 aromatic carbocycles. The molecule has 7 nitrogen and oxygen atoms in total. The van der Waals surface area contributed by atoms with Crippen molar-refractivity contribution in [2.45, 2.75) is 135 Å². The van der Waals surface area contributed by atoms with Crippen LogP contribution in [0.5, 0.6) is 0 Å². The predicted molar refractivity (Wildman–Crippen MR) is 171 cm³/mol. The van der Waals surface area contributed by atoms with E-state index in [0.29, 0.717) is 6.42 Å². The summed E-state index contributed by atoms with van der Waals surface area (Å²) in [4.78, 5) is 23.1. The molecule has 0 rings (SSSR count). The van der Waals surface area contributed by atoms with Gasteiger partial charge in [-0.3, -0.25) is 4.79 Å². The Morgan fingerprint density at radius 2 is 1.24 bits per heavy atom. The summed E-state index contributed by atoms with van der Waals surface area (Å²) in [5.74, 6) is -1.42. The summed E-state index contributed by atoms with van der Waals surface area (Å²) in [5, 5.41) is 21.2. The maximum absolute atomic E-state index is 11.9. The molecule has 2 unspecified atom stereocenters. The van der Waals surface area contributed by atoms with Gasteiger partial charge in [-0.25, -0.2) is 0 Å². The molecule has 0 amide bonds. The number of rotatable bonds is 29. The molecule has 2 atom stereocenters. The third-order valence-electron chi connectivity index (χ3n) is 7.26. The molecule has 0 aromatic heterocycles. The maximum Gasteiger partial charge on any atom is 0.305 e. The molecule has 7 heteroatoms. The van der Waals surface area contributed by atoms with Crippen LogP contribution < -0.4 is 5.11 Å². The van der Waals surface area contributed by atoms with Crippen LogP contribution in [0.1, 0.15) is 122 Å². The number of carboxylic acids is 1. The van der Waals surface area contributed by atoms with Crippen molar-refractivity contribution in [3.05, 3.63) is 36.5 Å². The lowest BCUT2D eigenvalue weighted by Crippen LogP contribution is -2.55. The molecule has 244 valence electrons. The Hall–Kier alpha value is -1.96. The monoisotopic (exact) mass is 593 g/mol. The quantitative estimate of drug-likeness (QED) is 0.0464. The minimum atomic E-state index is -1.12. The number of carbonyl (C=O) groups is 2. The summed E-state index contributed by atoms with van der Waals surface area (Å²) >= 11 is 0. The fourth-order valence-electron chi connectivity index (χ4n) is 4.60. The molecule has 0 aliphatic heterocycles. The van der Waals surface area contributed by atoms with Gasteiger partial charge in [0.1, 0.15) is 18.8 Å². The third kappa shape index (κ3) is 26.9. The van der Waals surface area contributed by atoms with Gasteiger partial charge in [0.25, 0.3) is 0 Å². The average Bonchev–Trinajstić information content (AvgIpc) is 2.93. The lowest BCUT2D eigenvalue weighted by Gasteiger charge is -2.34. The summed E-state index contributed by atoms with van der Waals surface area (Å²) < 4.78 is 10.7. The molecule has 0 fully saturated rings. The second kappa shape index (κ2) is 27.8. The van der Waals surface area contributed by atoms with Crippen LogP contribution in [-0.4, -0.2) is 74.6 Å². The van der Waals surface area contributed by atoms with Crippen molar-refractivity contribution in [3.8, 4) is 0 Å². The van der Waals surface area contributed by atoms with Crippen LogP contribution in [0.3, 0.4) is 0 Å². The topological polar surface area (TPSA) is 95.9 Å². The second-order valence-corrected chi connectivity index (χ2v) is 12.3. The molecule has 42 heavy (non-hydrogen) atoms. The van der Waals surface area contributed by atoms with Gasteiger partial charge in [0, 0.05) is 12.8 Å². The minimum Gasteiger partial charge on any atom is -0.544 e. The van der Waals surface area contributed by atoms with Crippen molar-refractivity contribution in [3.63, 3.8) is 0 Å². The fourth-order valence-corrected chi connectivity index (χ4v) is 4.60. The van der Waals surface area contributed by atoms with E-state index >= 15 is 0 Å². The van der Waals surface area contributed by atoms with E-state index in [1.807, 2.05) is 0 Å². The molecule has 0 saturated heterocycles. The molecule has 0 radical (unpaired) electrons. The number of hydrogen-bond donors (Lipinski definition) is 1. The zero-order valence-corrected chi connectivity index (χ0v) is 27.4. The highest BCUT2D eigenvalue weighted by Crippen LogP contribution is 2.12. The first-order valence-electron chi connectivity index (χ1n) is 16.6. The van der Waals surface area contributed by atoms with Crippen LogP contribution in [0, 0.1) is 0 Å². The van der Waals surface area contributed by atoms with E-state index in [1.165, 1.54) is 70.6 Å². The molecule has 0 aromatic rings. The number of ether oxygens (including phenoxy) is 2. The lowest BCUT2D eigenvalue weighted by molar-refractivity contribution is -0.889. The summed E-state index contributed by atoms with van der Waals surface area (Å²) in [6.07, 6.45) is 32.4. The maximum atomic E-state index is 11.9. The normalized spacial score (nSPS) is 13.8. The molecule has 0 saturated carbocycles. The first-order chi connectivity index (χ1) is 20.2. The largest absolute Gasteiger partial charge is 0.544 e. The van der Waals surface area contributed by atoms with Crippen LogP contribution in [-0.2, 0) is 19.1 Å². The van der Waals surface area contributed by atoms with Crippen LogP contribution >= 0.6 is 0 Å². The number of aliphatic hydroxyl groups excluding tert-OH is 1. The van der Waals surface area contributed by atoms with E-state index in [9.17, 15) is 19.8 Å². The number of hydrogen-bond acceptors (Lipinski definition) is 6. The number of unbranched alkanes of at least 4 members (excludes halogenated alkanes) is 12. The Labute approximate surface area is 257 Å². The van der Waals surface area contributed by atoms with Gasteiger partial charge in [-0.05, 0) is 44.9 Å². The van der Waals surface area contributed by atoms with E-state index < -0.39 is 18.1 Å². The zero-order valence-electron chi connectivity index (χ0n) is 27.4. The van der Waals surface area contributed by atoms with Crippen LogP contribution in [0.2, 0.25) is 0 Å². The summed E-state index contributed by atoms with van der Waals surface area (Å²) in [7, 11) is 5.35. The highest BCUT2D eigenvalue weighted by Gasteiger charge is 2.24. The van der Waals surface area contributed by atoms with Gasteiger partial charge in [0.05, 0.1) is 40.3 Å². The van der Waals surface area contributed by atoms with Gasteiger partial charge in [-0.15, -0.1) is 0 Å². The van der Waals surface area contributed by atoms with Crippen molar-refractivity contribution in [1.82, 2.24) is 0 Å². The SMILES string of the molecule is CCCCC/C=C/C/C=C/C/C=C/CCCCCCCCCCCC(=O)OCC(O)COCCC(C(=O)[O-])[N+](C)(C)C. The first-order valence-corrected chi connectivity index (χ1v) is 16.6. The van der Waals surface area contributed by atoms with E-state index in [-0.39, 0.29) is 36.7 Å². The summed E-state index contributed by atoms with van der Waals surface area (Å²) in [5.41, 5.74) is 0. The number of likely N-dealkylation sites (N-methyl/N-ethyl adjacent to an activating group) is 1. The van der Waals surface area contributed by atoms with E-state index in [2.05, 4.69) is 43.4 Å². The fraction of sp³-hybridized carbons (Fsp3) is 0.771. The molecule has 0 aliphatic carbocycles. The number of carboxylic acid groups (broad SMARTS) is 1. The Morgan fingerprint density at radius 3 is 1.76 bits per heavy atom. The highest BCUT2D eigenvalue weighted by atomic mass is 16.5. The van der Waals surface area contributed by atoms with Crippen LogP contribution in [0.4, 0.5) is 0 Å². The molecular weight excluding hydrogens is 530 g/mol. The van der Waals surface area contributed by atoms with Crippen molar-refractivity contribution in [2.75, 3.05) is 41.0 Å². The van der Waals surface area contributed by atoms with Crippen molar-refractivity contribution in [2.24, 2.45) is 0 Å². The molecular formula is C35H63NO6. The number of quaternary nitrogens is 1. The number of carbonyl (C=O) groups excluding carboxylic acids is 2. The predicted octanol–water partition coefficient (Wildman–Crippen LogP) is 6.44. The zero-order chi connectivity index (χ0) is 31.3. The Morgan fingerprint density at radius 1 is 0.738 bits per heavy atom. The van der Waals surface area contributed by atoms with Gasteiger partial charge in [-0.1, -0.05) is 101 Å². The Kier molecular flexibility index (Phi) is 26.5. The standard InChI is InChI=1S/C35H63NO6/c1-5-6-7-8-9-10-11-12-13-14-15-16-17-18-19-20-21-22-23-24-25-26-27-34(38)42-31-32(37)30-41-29-28-33(35(39)40)36(2,3)4/h9-10,12-13,15-16,32-33,37H,5-8,11,14,17-31H2,1-4H3/b10-9+,13-12+,16-15+. The smallest absolute Gasteiger partial charge is 0.305 e. The number of nitrogens with zero attached hydrogens (tertiary/aromatic N) is 1. The number of aliphatic hydroxyl groups is 1. The van der Waals surface area contributed by atoms with Gasteiger partial charge in [0.15, 0.2) is 0 Å². The first kappa shape index (κ1) is 40.0. The van der Waals surface area contributed by atoms with Crippen LogP contribution in [0.15, 0.2) is 36.5 Å². The van der Waals surface area contributed by atoms with Gasteiger partial charge < -0.3 is 29.0 Å². The molecule has 0 bridgehead atoms. The van der Waals surface area contributed by atoms with Gasteiger partial charge in [0.2, 0.25) is 0 Å². The third-order valence-corrected chi connectivity index (χ3v) is 7.26. The van der Waals surface area contributed by atoms with Crippen molar-refractivity contribution < 1.29 is 33.8 Å². The van der Waals surface area contributed by atoms with Crippen LogP contribution in [0.25, 0.3) is 0 Å². The van der Waals surface area contributed by atoms with Crippen molar-refractivity contribution >= 4 is 11.9 Å².